The number of carboxylic acids is 2. The molecule has 2 atom stereocenters. The van der Waals surface area contributed by atoms with Crippen LogP contribution < -0.4 is 10.6 Å². The second-order valence-electron chi connectivity index (χ2n) is 3.51. The van der Waals surface area contributed by atoms with Crippen LogP contribution in [0, 0.1) is 0 Å². The summed E-state index contributed by atoms with van der Waals surface area (Å²) < 4.78 is 0. The molecule has 0 fully saturated rings. The van der Waals surface area contributed by atoms with Crippen molar-refractivity contribution >= 4 is 11.9 Å². The summed E-state index contributed by atoms with van der Waals surface area (Å²) in [7, 11) is 0. The number of aliphatic carboxylic acids is 2. The largest absolute Gasteiger partial charge is 0.480 e. The number of hydrogen-bond donors (Lipinski definition) is 4. The normalized spacial score (nSPS) is 14.4. The van der Waals surface area contributed by atoms with Crippen LogP contribution in [-0.4, -0.2) is 47.3 Å². The molecule has 0 saturated carbocycles. The molecule has 16 heavy (non-hydrogen) atoms. The number of hydrogen-bond acceptors (Lipinski definition) is 4. The van der Waals surface area contributed by atoms with E-state index < -0.39 is 24.0 Å². The van der Waals surface area contributed by atoms with Crippen LogP contribution in [-0.2, 0) is 9.59 Å². The Hall–Kier alpha value is -1.14. The topological polar surface area (TPSA) is 98.7 Å². The van der Waals surface area contributed by atoms with Crippen LogP contribution >= 0.6 is 0 Å². The molecule has 0 rings (SSSR count). The SMILES string of the molecule is CCC(NCCNC(CC)C(=O)O)C(=O)O. The van der Waals surface area contributed by atoms with E-state index in [9.17, 15) is 9.59 Å². The molecule has 0 saturated heterocycles. The zero-order chi connectivity index (χ0) is 12.6. The van der Waals surface area contributed by atoms with Gasteiger partial charge < -0.3 is 20.8 Å². The molecule has 6 heteroatoms. The molecule has 0 aliphatic carbocycles. The second kappa shape index (κ2) is 8.06. The minimum absolute atomic E-state index is 0.439. The maximum Gasteiger partial charge on any atom is 0.320 e. The first kappa shape index (κ1) is 14.9. The predicted molar refractivity (Wildman–Crippen MR) is 59.4 cm³/mol. The highest BCUT2D eigenvalue weighted by Gasteiger charge is 2.15. The number of rotatable bonds is 9. The first-order valence-corrected chi connectivity index (χ1v) is 5.45. The molecule has 2 unspecified atom stereocenters. The Morgan fingerprint density at radius 2 is 1.25 bits per heavy atom. The Bertz CT molecular complexity index is 209. The minimum Gasteiger partial charge on any atom is -0.480 e. The summed E-state index contributed by atoms with van der Waals surface area (Å²) in [6.07, 6.45) is 1.01. The van der Waals surface area contributed by atoms with Gasteiger partial charge in [-0.3, -0.25) is 9.59 Å². The summed E-state index contributed by atoms with van der Waals surface area (Å²) in [5, 5.41) is 23.1. The highest BCUT2D eigenvalue weighted by atomic mass is 16.4. The Kier molecular flexibility index (Phi) is 7.49. The Morgan fingerprint density at radius 1 is 0.938 bits per heavy atom. The summed E-state index contributed by atoms with van der Waals surface area (Å²) in [6.45, 7) is 4.44. The predicted octanol–water partition coefficient (Wildman–Crippen LogP) is -0.108. The Labute approximate surface area is 95.0 Å². The van der Waals surface area contributed by atoms with E-state index in [1.54, 1.807) is 13.8 Å². The quantitative estimate of drug-likeness (QED) is 0.414. The lowest BCUT2D eigenvalue weighted by Gasteiger charge is -2.15. The lowest BCUT2D eigenvalue weighted by atomic mass is 10.2. The summed E-state index contributed by atoms with van der Waals surface area (Å²) in [4.78, 5) is 21.3. The van der Waals surface area contributed by atoms with Gasteiger partial charge in [-0.25, -0.2) is 0 Å². The van der Waals surface area contributed by atoms with E-state index in [1.165, 1.54) is 0 Å². The summed E-state index contributed by atoms with van der Waals surface area (Å²) in [5.41, 5.74) is 0. The average molecular weight is 232 g/mol. The minimum atomic E-state index is -0.882. The van der Waals surface area contributed by atoms with Crippen molar-refractivity contribution in [3.63, 3.8) is 0 Å². The zero-order valence-electron chi connectivity index (χ0n) is 9.69. The second-order valence-corrected chi connectivity index (χ2v) is 3.51. The van der Waals surface area contributed by atoms with Crippen LogP contribution in [0.3, 0.4) is 0 Å². The van der Waals surface area contributed by atoms with Gasteiger partial charge in [0.2, 0.25) is 0 Å². The van der Waals surface area contributed by atoms with Gasteiger partial charge in [0.1, 0.15) is 12.1 Å². The van der Waals surface area contributed by atoms with Crippen LogP contribution in [0.15, 0.2) is 0 Å². The van der Waals surface area contributed by atoms with Gasteiger partial charge in [-0.1, -0.05) is 13.8 Å². The number of carbonyl (C=O) groups is 2. The number of carboxylic acid groups (broad SMARTS) is 2. The van der Waals surface area contributed by atoms with Gasteiger partial charge in [-0.15, -0.1) is 0 Å². The van der Waals surface area contributed by atoms with Crippen molar-refractivity contribution in [3.05, 3.63) is 0 Å². The molecule has 0 aromatic carbocycles. The molecule has 0 aromatic rings. The van der Waals surface area contributed by atoms with E-state index in [-0.39, 0.29) is 0 Å². The van der Waals surface area contributed by atoms with Gasteiger partial charge in [0.05, 0.1) is 0 Å². The van der Waals surface area contributed by atoms with Crippen molar-refractivity contribution in [2.24, 2.45) is 0 Å². The number of nitrogens with one attached hydrogen (secondary N) is 2. The highest BCUT2D eigenvalue weighted by molar-refractivity contribution is 5.73. The monoisotopic (exact) mass is 232 g/mol. The molecule has 94 valence electrons. The van der Waals surface area contributed by atoms with E-state index in [2.05, 4.69) is 10.6 Å². The maximum atomic E-state index is 10.6. The fourth-order valence-corrected chi connectivity index (χ4v) is 1.31. The summed E-state index contributed by atoms with van der Waals surface area (Å²) >= 11 is 0. The van der Waals surface area contributed by atoms with Gasteiger partial charge in [-0.05, 0) is 12.8 Å². The van der Waals surface area contributed by atoms with Crippen molar-refractivity contribution in [1.82, 2.24) is 10.6 Å². The third kappa shape index (κ3) is 5.67. The lowest BCUT2D eigenvalue weighted by molar-refractivity contribution is -0.140. The van der Waals surface area contributed by atoms with E-state index in [0.717, 1.165) is 0 Å². The third-order valence-corrected chi connectivity index (χ3v) is 2.32. The molecule has 0 spiro atoms. The maximum absolute atomic E-state index is 10.6. The average Bonchev–Trinajstić information content (AvgIpc) is 2.22. The molecular formula is C10H20N2O4. The van der Waals surface area contributed by atoms with Crippen molar-refractivity contribution in [1.29, 1.82) is 0 Å². The van der Waals surface area contributed by atoms with Gasteiger partial charge in [0.25, 0.3) is 0 Å². The molecule has 6 nitrogen and oxygen atoms in total. The molecular weight excluding hydrogens is 212 g/mol. The molecule has 0 amide bonds. The molecule has 0 heterocycles. The Balaban J connectivity index is 3.73. The lowest BCUT2D eigenvalue weighted by Crippen LogP contribution is -2.43. The van der Waals surface area contributed by atoms with Crippen molar-refractivity contribution < 1.29 is 19.8 Å². The van der Waals surface area contributed by atoms with Crippen molar-refractivity contribution in [3.8, 4) is 0 Å². The molecule has 0 radical (unpaired) electrons. The zero-order valence-corrected chi connectivity index (χ0v) is 9.69. The fourth-order valence-electron chi connectivity index (χ4n) is 1.31. The molecule has 0 aliphatic rings. The van der Waals surface area contributed by atoms with Gasteiger partial charge in [0, 0.05) is 13.1 Å². The van der Waals surface area contributed by atoms with E-state index in [1.807, 2.05) is 0 Å². The van der Waals surface area contributed by atoms with Gasteiger partial charge in [0.15, 0.2) is 0 Å². The van der Waals surface area contributed by atoms with Crippen molar-refractivity contribution in [2.45, 2.75) is 38.8 Å². The summed E-state index contributed by atoms with van der Waals surface area (Å²) in [6, 6.07) is -1.13. The van der Waals surface area contributed by atoms with Gasteiger partial charge >= 0.3 is 11.9 Å². The van der Waals surface area contributed by atoms with E-state index >= 15 is 0 Å². The third-order valence-electron chi connectivity index (χ3n) is 2.32. The van der Waals surface area contributed by atoms with Crippen LogP contribution in [0.5, 0.6) is 0 Å². The highest BCUT2D eigenvalue weighted by Crippen LogP contribution is 1.91. The van der Waals surface area contributed by atoms with E-state index in [0.29, 0.717) is 25.9 Å². The van der Waals surface area contributed by atoms with E-state index in [4.69, 9.17) is 10.2 Å². The first-order valence-electron chi connectivity index (χ1n) is 5.45. The summed E-state index contributed by atoms with van der Waals surface area (Å²) in [5.74, 6) is -1.76. The molecule has 0 aliphatic heterocycles. The van der Waals surface area contributed by atoms with Crippen LogP contribution in [0.25, 0.3) is 0 Å². The van der Waals surface area contributed by atoms with Crippen LogP contribution in [0.4, 0.5) is 0 Å². The van der Waals surface area contributed by atoms with Gasteiger partial charge in [-0.2, -0.15) is 0 Å². The van der Waals surface area contributed by atoms with Crippen LogP contribution in [0.2, 0.25) is 0 Å². The molecule has 0 bridgehead atoms. The standard InChI is InChI=1S/C10H20N2O4/c1-3-7(9(13)14)11-5-6-12-8(4-2)10(15)16/h7-8,11-12H,3-6H2,1-2H3,(H,13,14)(H,15,16). The molecule has 0 aromatic heterocycles. The fraction of sp³-hybridized carbons (Fsp3) is 0.800. The smallest absolute Gasteiger partial charge is 0.320 e. The first-order chi connectivity index (χ1) is 7.52. The van der Waals surface area contributed by atoms with Crippen LogP contribution in [0.1, 0.15) is 26.7 Å². The molecule has 4 N–H and O–H groups in total. The Morgan fingerprint density at radius 3 is 1.44 bits per heavy atom. The van der Waals surface area contributed by atoms with Crippen molar-refractivity contribution in [2.75, 3.05) is 13.1 Å².